The van der Waals surface area contributed by atoms with Gasteiger partial charge in [-0.1, -0.05) is 28.1 Å². The van der Waals surface area contributed by atoms with Crippen LogP contribution >= 0.6 is 28.3 Å². The van der Waals surface area contributed by atoms with Crippen LogP contribution in [0.5, 0.6) is 0 Å². The summed E-state index contributed by atoms with van der Waals surface area (Å²) in [6, 6.07) is 8.06. The summed E-state index contributed by atoms with van der Waals surface area (Å²) < 4.78 is 1.03. The number of halogens is 2. The lowest BCUT2D eigenvalue weighted by molar-refractivity contribution is -0.123. The Morgan fingerprint density at radius 1 is 1.37 bits per heavy atom. The number of amides is 1. The molecule has 106 valence electrons. The summed E-state index contributed by atoms with van der Waals surface area (Å²) in [5.74, 6) is 0.164. The molecule has 1 aromatic rings. The van der Waals surface area contributed by atoms with Crippen molar-refractivity contribution in [3.63, 3.8) is 0 Å². The molecule has 1 aliphatic carbocycles. The fourth-order valence-electron chi connectivity index (χ4n) is 2.20. The second kappa shape index (κ2) is 7.27. The Bertz CT molecular complexity index is 435. The van der Waals surface area contributed by atoms with Crippen molar-refractivity contribution in [3.05, 3.63) is 34.3 Å². The highest BCUT2D eigenvalue weighted by atomic mass is 79.9. The van der Waals surface area contributed by atoms with Gasteiger partial charge in [0.1, 0.15) is 0 Å². The standard InChI is InChI=1S/C14H19BrN2O.ClH/c15-12-5-3-4-11(10-12)14(6-7-14)13(18)17-9-2-1-8-16;/h3-5,10H,1-2,6-9,16H2,(H,17,18);1H. The quantitative estimate of drug-likeness (QED) is 0.777. The number of hydrogen-bond acceptors (Lipinski definition) is 2. The molecule has 0 spiro atoms. The monoisotopic (exact) mass is 346 g/mol. The number of benzene rings is 1. The van der Waals surface area contributed by atoms with Gasteiger partial charge in [0.25, 0.3) is 0 Å². The number of unbranched alkanes of at least 4 members (excludes halogenated alkanes) is 1. The molecule has 0 heterocycles. The summed E-state index contributed by atoms with van der Waals surface area (Å²) in [6.07, 6.45) is 3.82. The first-order valence-electron chi connectivity index (χ1n) is 6.43. The van der Waals surface area contributed by atoms with Gasteiger partial charge in [-0.05, 0) is 49.9 Å². The summed E-state index contributed by atoms with van der Waals surface area (Å²) >= 11 is 3.46. The Kier molecular flexibility index (Phi) is 6.30. The number of carbonyl (C=O) groups is 1. The number of rotatable bonds is 6. The van der Waals surface area contributed by atoms with Gasteiger partial charge < -0.3 is 11.1 Å². The van der Waals surface area contributed by atoms with Crippen molar-refractivity contribution in [2.75, 3.05) is 13.1 Å². The van der Waals surface area contributed by atoms with Crippen LogP contribution in [0.1, 0.15) is 31.2 Å². The third-order valence-corrected chi connectivity index (χ3v) is 3.97. The molecule has 0 radical (unpaired) electrons. The maximum Gasteiger partial charge on any atom is 0.230 e. The molecule has 0 aromatic heterocycles. The van der Waals surface area contributed by atoms with E-state index in [1.165, 1.54) is 0 Å². The average Bonchev–Trinajstić information content (AvgIpc) is 3.16. The maximum absolute atomic E-state index is 12.2. The fraction of sp³-hybridized carbons (Fsp3) is 0.500. The van der Waals surface area contributed by atoms with Gasteiger partial charge >= 0.3 is 0 Å². The van der Waals surface area contributed by atoms with E-state index < -0.39 is 0 Å². The van der Waals surface area contributed by atoms with E-state index in [-0.39, 0.29) is 23.7 Å². The van der Waals surface area contributed by atoms with E-state index in [0.29, 0.717) is 6.54 Å². The molecule has 1 aliphatic rings. The first kappa shape index (κ1) is 16.5. The molecule has 3 nitrogen and oxygen atoms in total. The molecule has 0 bridgehead atoms. The van der Waals surface area contributed by atoms with E-state index in [4.69, 9.17) is 5.73 Å². The zero-order valence-electron chi connectivity index (χ0n) is 10.8. The minimum Gasteiger partial charge on any atom is -0.355 e. The van der Waals surface area contributed by atoms with Crippen molar-refractivity contribution in [2.45, 2.75) is 31.1 Å². The van der Waals surface area contributed by atoms with E-state index in [0.717, 1.165) is 42.3 Å². The molecule has 1 amide bonds. The molecule has 0 unspecified atom stereocenters. The van der Waals surface area contributed by atoms with Gasteiger partial charge in [-0.2, -0.15) is 0 Å². The van der Waals surface area contributed by atoms with Crippen LogP contribution in [0.4, 0.5) is 0 Å². The van der Waals surface area contributed by atoms with E-state index in [1.807, 2.05) is 24.3 Å². The Hall–Kier alpha value is -0.580. The molecule has 0 saturated heterocycles. The summed E-state index contributed by atoms with van der Waals surface area (Å²) in [7, 11) is 0. The number of hydrogen-bond donors (Lipinski definition) is 2. The van der Waals surface area contributed by atoms with Gasteiger partial charge in [-0.15, -0.1) is 12.4 Å². The van der Waals surface area contributed by atoms with Crippen LogP contribution in [0.25, 0.3) is 0 Å². The van der Waals surface area contributed by atoms with Crippen LogP contribution < -0.4 is 11.1 Å². The molecule has 19 heavy (non-hydrogen) atoms. The predicted molar refractivity (Wildman–Crippen MR) is 83.6 cm³/mol. The zero-order valence-corrected chi connectivity index (χ0v) is 13.2. The molecule has 1 aromatic carbocycles. The van der Waals surface area contributed by atoms with Gasteiger partial charge in [0, 0.05) is 11.0 Å². The maximum atomic E-state index is 12.2. The number of carbonyl (C=O) groups excluding carboxylic acids is 1. The Labute approximate surface area is 128 Å². The Balaban J connectivity index is 0.00000180. The summed E-state index contributed by atoms with van der Waals surface area (Å²) in [5.41, 5.74) is 6.28. The minimum atomic E-state index is -0.271. The SMILES string of the molecule is Cl.NCCCCNC(=O)C1(c2cccc(Br)c2)CC1. The molecule has 0 atom stereocenters. The van der Waals surface area contributed by atoms with E-state index >= 15 is 0 Å². The second-order valence-electron chi connectivity index (χ2n) is 4.84. The predicted octanol–water partition coefficient (Wildman–Crippen LogP) is 2.76. The van der Waals surface area contributed by atoms with Gasteiger partial charge in [-0.3, -0.25) is 4.79 Å². The highest BCUT2D eigenvalue weighted by Crippen LogP contribution is 2.48. The normalized spacial score (nSPS) is 15.5. The molecule has 5 heteroatoms. The topological polar surface area (TPSA) is 55.1 Å². The summed E-state index contributed by atoms with van der Waals surface area (Å²) in [4.78, 5) is 12.2. The van der Waals surface area contributed by atoms with Crippen LogP contribution in [0.15, 0.2) is 28.7 Å². The molecule has 1 fully saturated rings. The van der Waals surface area contributed by atoms with Gasteiger partial charge in [0.05, 0.1) is 5.41 Å². The van der Waals surface area contributed by atoms with Crippen LogP contribution in [0.2, 0.25) is 0 Å². The highest BCUT2D eigenvalue weighted by molar-refractivity contribution is 9.10. The smallest absolute Gasteiger partial charge is 0.230 e. The molecular formula is C14H20BrClN2O. The van der Waals surface area contributed by atoms with E-state index in [2.05, 4.69) is 21.2 Å². The molecule has 3 N–H and O–H groups in total. The largest absolute Gasteiger partial charge is 0.355 e. The van der Waals surface area contributed by atoms with Crippen LogP contribution in [0, 0.1) is 0 Å². The van der Waals surface area contributed by atoms with Crippen LogP contribution in [0.3, 0.4) is 0 Å². The lowest BCUT2D eigenvalue weighted by atomic mass is 9.95. The summed E-state index contributed by atoms with van der Waals surface area (Å²) in [6.45, 7) is 1.42. The Morgan fingerprint density at radius 3 is 2.68 bits per heavy atom. The number of nitrogens with one attached hydrogen (secondary N) is 1. The Morgan fingerprint density at radius 2 is 2.11 bits per heavy atom. The van der Waals surface area contributed by atoms with Crippen molar-refractivity contribution < 1.29 is 4.79 Å². The van der Waals surface area contributed by atoms with Crippen molar-refractivity contribution in [1.82, 2.24) is 5.32 Å². The first-order valence-corrected chi connectivity index (χ1v) is 7.23. The van der Waals surface area contributed by atoms with Crippen molar-refractivity contribution in [2.24, 2.45) is 5.73 Å². The van der Waals surface area contributed by atoms with E-state index in [1.54, 1.807) is 0 Å². The van der Waals surface area contributed by atoms with E-state index in [9.17, 15) is 4.79 Å². The fourth-order valence-corrected chi connectivity index (χ4v) is 2.60. The van der Waals surface area contributed by atoms with Crippen molar-refractivity contribution >= 4 is 34.2 Å². The molecule has 1 saturated carbocycles. The number of nitrogens with two attached hydrogens (primary N) is 1. The van der Waals surface area contributed by atoms with Crippen molar-refractivity contribution in [3.8, 4) is 0 Å². The molecule has 2 rings (SSSR count). The second-order valence-corrected chi connectivity index (χ2v) is 5.76. The lowest BCUT2D eigenvalue weighted by Crippen LogP contribution is -2.35. The zero-order chi connectivity index (χ0) is 13.0. The third kappa shape index (κ3) is 3.94. The molecular weight excluding hydrogens is 328 g/mol. The molecule has 0 aliphatic heterocycles. The van der Waals surface area contributed by atoms with Crippen molar-refractivity contribution in [1.29, 1.82) is 0 Å². The van der Waals surface area contributed by atoms with Crippen LogP contribution in [-0.4, -0.2) is 19.0 Å². The van der Waals surface area contributed by atoms with Gasteiger partial charge in [0.2, 0.25) is 5.91 Å². The average molecular weight is 348 g/mol. The first-order chi connectivity index (χ1) is 8.69. The lowest BCUT2D eigenvalue weighted by Gasteiger charge is -2.16. The van der Waals surface area contributed by atoms with Gasteiger partial charge in [0.15, 0.2) is 0 Å². The highest BCUT2D eigenvalue weighted by Gasteiger charge is 2.51. The minimum absolute atomic E-state index is 0. The summed E-state index contributed by atoms with van der Waals surface area (Å²) in [5, 5.41) is 3.03. The van der Waals surface area contributed by atoms with Gasteiger partial charge in [-0.25, -0.2) is 0 Å². The van der Waals surface area contributed by atoms with Crippen LogP contribution in [-0.2, 0) is 10.2 Å². The third-order valence-electron chi connectivity index (χ3n) is 3.48.